The highest BCUT2D eigenvalue weighted by Gasteiger charge is 2.07. The zero-order valence-corrected chi connectivity index (χ0v) is 10.9. The molecule has 0 fully saturated rings. The molecule has 2 aromatic rings. The van der Waals surface area contributed by atoms with Crippen molar-refractivity contribution in [3.05, 3.63) is 36.2 Å². The van der Waals surface area contributed by atoms with Gasteiger partial charge in [0.2, 0.25) is 17.7 Å². The van der Waals surface area contributed by atoms with Crippen LogP contribution in [0.5, 0.6) is 0 Å². The van der Waals surface area contributed by atoms with Gasteiger partial charge in [0.25, 0.3) is 0 Å². The van der Waals surface area contributed by atoms with Crippen LogP contribution >= 0.6 is 0 Å². The molecule has 0 spiro atoms. The third kappa shape index (κ3) is 4.45. The number of hydrogen-bond acceptors (Lipinski definition) is 6. The van der Waals surface area contributed by atoms with Gasteiger partial charge in [0.1, 0.15) is 6.61 Å². The molecule has 1 aromatic heterocycles. The van der Waals surface area contributed by atoms with E-state index in [2.05, 4.69) is 15.5 Å². The van der Waals surface area contributed by atoms with Crippen LogP contribution in [0.1, 0.15) is 5.89 Å². The number of aromatic nitrogens is 2. The van der Waals surface area contributed by atoms with Crippen LogP contribution in [-0.2, 0) is 16.1 Å². The molecule has 106 valence electrons. The van der Waals surface area contributed by atoms with E-state index < -0.39 is 5.91 Å². The van der Waals surface area contributed by atoms with Crippen molar-refractivity contribution in [1.82, 2.24) is 15.5 Å². The summed E-state index contributed by atoms with van der Waals surface area (Å²) in [4.78, 5) is 10.4. The van der Waals surface area contributed by atoms with Crippen LogP contribution in [0.3, 0.4) is 0 Å². The molecule has 7 heteroatoms. The Kier molecular flexibility index (Phi) is 5.22. The molecule has 1 heterocycles. The minimum absolute atomic E-state index is 0.0691. The quantitative estimate of drug-likeness (QED) is 0.673. The van der Waals surface area contributed by atoms with Gasteiger partial charge in [-0.25, -0.2) is 0 Å². The fraction of sp³-hybridized carbons (Fsp3) is 0.308. The molecule has 1 amide bonds. The molecular weight excluding hydrogens is 260 g/mol. The molecule has 0 aliphatic heterocycles. The first-order valence-corrected chi connectivity index (χ1v) is 6.20. The summed E-state index contributed by atoms with van der Waals surface area (Å²) in [5.74, 6) is 0.514. The van der Waals surface area contributed by atoms with E-state index in [4.69, 9.17) is 14.9 Å². The number of nitrogens with two attached hydrogens (primary N) is 1. The molecule has 2 rings (SSSR count). The van der Waals surface area contributed by atoms with E-state index in [9.17, 15) is 4.79 Å². The first-order chi connectivity index (χ1) is 9.75. The summed E-state index contributed by atoms with van der Waals surface area (Å²) >= 11 is 0. The third-order valence-electron chi connectivity index (χ3n) is 2.43. The standard InChI is InChI=1S/C13H16N4O3/c14-11(18)9-19-7-6-15-8-12-16-17-13(20-12)10-4-2-1-3-5-10/h1-5,15H,6-9H2,(H2,14,18). The lowest BCUT2D eigenvalue weighted by Crippen LogP contribution is -2.23. The monoisotopic (exact) mass is 276 g/mol. The van der Waals surface area contributed by atoms with Crippen LogP contribution in [0.2, 0.25) is 0 Å². The smallest absolute Gasteiger partial charge is 0.247 e. The van der Waals surface area contributed by atoms with Crippen LogP contribution in [0.25, 0.3) is 11.5 Å². The largest absolute Gasteiger partial charge is 0.419 e. The summed E-state index contributed by atoms with van der Waals surface area (Å²) in [6, 6.07) is 9.56. The van der Waals surface area contributed by atoms with Crippen molar-refractivity contribution >= 4 is 5.91 Å². The maximum atomic E-state index is 10.4. The first kappa shape index (κ1) is 14.2. The third-order valence-corrected chi connectivity index (χ3v) is 2.43. The number of carbonyl (C=O) groups excluding carboxylic acids is 1. The maximum absolute atomic E-state index is 10.4. The maximum Gasteiger partial charge on any atom is 0.247 e. The summed E-state index contributed by atoms with van der Waals surface area (Å²) in [5.41, 5.74) is 5.82. The van der Waals surface area contributed by atoms with Crippen molar-refractivity contribution in [3.8, 4) is 11.5 Å². The Morgan fingerprint density at radius 2 is 2.10 bits per heavy atom. The number of carbonyl (C=O) groups is 1. The van der Waals surface area contributed by atoms with E-state index in [1.165, 1.54) is 0 Å². The SMILES string of the molecule is NC(=O)COCCNCc1nnc(-c2ccccc2)o1. The highest BCUT2D eigenvalue weighted by molar-refractivity contribution is 5.74. The summed E-state index contributed by atoms with van der Waals surface area (Å²) in [6.45, 7) is 1.33. The zero-order chi connectivity index (χ0) is 14.2. The van der Waals surface area contributed by atoms with E-state index >= 15 is 0 Å². The number of amides is 1. The van der Waals surface area contributed by atoms with E-state index in [-0.39, 0.29) is 6.61 Å². The molecule has 1 aromatic carbocycles. The molecule has 3 N–H and O–H groups in total. The van der Waals surface area contributed by atoms with Crippen molar-refractivity contribution in [1.29, 1.82) is 0 Å². The van der Waals surface area contributed by atoms with Crippen molar-refractivity contribution in [3.63, 3.8) is 0 Å². The van der Waals surface area contributed by atoms with Crippen LogP contribution in [0.15, 0.2) is 34.7 Å². The molecule has 0 unspecified atom stereocenters. The summed E-state index contributed by atoms with van der Waals surface area (Å²) in [5, 5.41) is 11.0. The second kappa shape index (κ2) is 7.37. The number of ether oxygens (including phenoxy) is 1. The van der Waals surface area contributed by atoms with Crippen molar-refractivity contribution < 1.29 is 13.9 Å². The van der Waals surface area contributed by atoms with Crippen LogP contribution < -0.4 is 11.1 Å². The van der Waals surface area contributed by atoms with Crippen molar-refractivity contribution in [2.45, 2.75) is 6.54 Å². The average molecular weight is 276 g/mol. The summed E-state index contributed by atoms with van der Waals surface area (Å²) in [6.07, 6.45) is 0. The summed E-state index contributed by atoms with van der Waals surface area (Å²) in [7, 11) is 0. The Morgan fingerprint density at radius 1 is 1.30 bits per heavy atom. The lowest BCUT2D eigenvalue weighted by atomic mass is 10.2. The van der Waals surface area contributed by atoms with Crippen LogP contribution in [-0.4, -0.2) is 35.9 Å². The number of primary amides is 1. The van der Waals surface area contributed by atoms with Crippen molar-refractivity contribution in [2.24, 2.45) is 5.73 Å². The van der Waals surface area contributed by atoms with Crippen LogP contribution in [0.4, 0.5) is 0 Å². The fourth-order valence-corrected chi connectivity index (χ4v) is 1.53. The van der Waals surface area contributed by atoms with Gasteiger partial charge in [0, 0.05) is 12.1 Å². The van der Waals surface area contributed by atoms with E-state index in [1.807, 2.05) is 30.3 Å². The molecule has 0 aliphatic carbocycles. The minimum Gasteiger partial charge on any atom is -0.419 e. The molecule has 0 saturated heterocycles. The number of rotatable bonds is 8. The Bertz CT molecular complexity index is 542. The molecule has 0 bridgehead atoms. The van der Waals surface area contributed by atoms with Crippen LogP contribution in [0, 0.1) is 0 Å². The van der Waals surface area contributed by atoms with Crippen molar-refractivity contribution in [2.75, 3.05) is 19.8 Å². The van der Waals surface area contributed by atoms with E-state index in [0.29, 0.717) is 31.5 Å². The van der Waals surface area contributed by atoms with Gasteiger partial charge in [-0.05, 0) is 12.1 Å². The molecule has 0 aliphatic rings. The Labute approximate surface area is 116 Å². The van der Waals surface area contributed by atoms with Gasteiger partial charge in [-0.3, -0.25) is 4.79 Å². The number of nitrogens with zero attached hydrogens (tertiary/aromatic N) is 2. The lowest BCUT2D eigenvalue weighted by Gasteiger charge is -2.02. The number of nitrogens with one attached hydrogen (secondary N) is 1. The normalized spacial score (nSPS) is 10.6. The van der Waals surface area contributed by atoms with Gasteiger partial charge in [-0.15, -0.1) is 10.2 Å². The molecule has 0 atom stereocenters. The predicted molar refractivity (Wildman–Crippen MR) is 71.5 cm³/mol. The highest BCUT2D eigenvalue weighted by atomic mass is 16.5. The highest BCUT2D eigenvalue weighted by Crippen LogP contribution is 2.16. The summed E-state index contributed by atoms with van der Waals surface area (Å²) < 4.78 is 10.5. The molecule has 0 saturated carbocycles. The Hall–Kier alpha value is -2.25. The van der Waals surface area contributed by atoms with E-state index in [1.54, 1.807) is 0 Å². The molecular formula is C13H16N4O3. The number of benzene rings is 1. The van der Waals surface area contributed by atoms with Gasteiger partial charge >= 0.3 is 0 Å². The Balaban J connectivity index is 1.72. The second-order valence-corrected chi connectivity index (χ2v) is 4.06. The lowest BCUT2D eigenvalue weighted by molar-refractivity contribution is -0.122. The zero-order valence-electron chi connectivity index (χ0n) is 10.9. The van der Waals surface area contributed by atoms with E-state index in [0.717, 1.165) is 5.56 Å². The first-order valence-electron chi connectivity index (χ1n) is 6.20. The topological polar surface area (TPSA) is 103 Å². The van der Waals surface area contributed by atoms with Gasteiger partial charge in [-0.2, -0.15) is 0 Å². The molecule has 20 heavy (non-hydrogen) atoms. The Morgan fingerprint density at radius 3 is 2.85 bits per heavy atom. The fourth-order valence-electron chi connectivity index (χ4n) is 1.53. The predicted octanol–water partition coefficient (Wildman–Crippen LogP) is 0.328. The van der Waals surface area contributed by atoms with Gasteiger partial charge in [-0.1, -0.05) is 18.2 Å². The number of hydrogen-bond donors (Lipinski definition) is 2. The molecule has 0 radical (unpaired) electrons. The minimum atomic E-state index is -0.477. The average Bonchev–Trinajstić information content (AvgIpc) is 2.92. The van der Waals surface area contributed by atoms with Gasteiger partial charge in [0.05, 0.1) is 13.2 Å². The van der Waals surface area contributed by atoms with Gasteiger partial charge in [0.15, 0.2) is 0 Å². The second-order valence-electron chi connectivity index (χ2n) is 4.06. The molecule has 7 nitrogen and oxygen atoms in total. The van der Waals surface area contributed by atoms with Gasteiger partial charge < -0.3 is 20.2 Å².